The van der Waals surface area contributed by atoms with Crippen LogP contribution in [0.2, 0.25) is 0 Å². The molecule has 0 atom stereocenters. The normalized spacial score (nSPS) is 13.7. The maximum absolute atomic E-state index is 12.5. The molecule has 1 amide bonds. The Kier molecular flexibility index (Phi) is 7.80. The minimum Gasteiger partial charge on any atom is -0.619 e. The Hall–Kier alpha value is -3.62. The van der Waals surface area contributed by atoms with Crippen molar-refractivity contribution in [1.82, 2.24) is 5.01 Å². The molecular formula is C22H26N4O5. The molecule has 0 radical (unpaired) electrons. The maximum Gasteiger partial charge on any atom is 0.283 e. The third-order valence-corrected chi connectivity index (χ3v) is 4.56. The van der Waals surface area contributed by atoms with Gasteiger partial charge in [-0.2, -0.15) is 9.83 Å². The van der Waals surface area contributed by atoms with E-state index in [1.54, 1.807) is 19.2 Å². The SMILES string of the molecule is CCCOc1cc(C2=NN(C(=O)CON=Cc3cc[n+]([O-])cc3)CCC2)ccc1OC. The second kappa shape index (κ2) is 11.0. The number of hydrogen-bond donors (Lipinski definition) is 0. The third kappa shape index (κ3) is 6.18. The molecule has 2 heterocycles. The number of benzene rings is 1. The van der Waals surface area contributed by atoms with Gasteiger partial charge in [-0.05, 0) is 37.5 Å². The van der Waals surface area contributed by atoms with E-state index < -0.39 is 0 Å². The maximum atomic E-state index is 12.5. The van der Waals surface area contributed by atoms with Gasteiger partial charge in [0.25, 0.3) is 5.91 Å². The molecule has 9 nitrogen and oxygen atoms in total. The molecule has 9 heteroatoms. The first-order valence-corrected chi connectivity index (χ1v) is 10.1. The molecule has 0 spiro atoms. The predicted octanol–water partition coefficient (Wildman–Crippen LogP) is 2.49. The van der Waals surface area contributed by atoms with E-state index in [0.29, 0.717) is 34.9 Å². The van der Waals surface area contributed by atoms with Gasteiger partial charge in [-0.15, -0.1) is 0 Å². The number of hydrazone groups is 1. The lowest BCUT2D eigenvalue weighted by Gasteiger charge is -2.23. The highest BCUT2D eigenvalue weighted by atomic mass is 16.6. The molecule has 31 heavy (non-hydrogen) atoms. The van der Waals surface area contributed by atoms with Crippen LogP contribution in [0.25, 0.3) is 0 Å². The van der Waals surface area contributed by atoms with E-state index in [0.717, 1.165) is 30.5 Å². The van der Waals surface area contributed by atoms with Crippen molar-refractivity contribution in [3.63, 3.8) is 0 Å². The van der Waals surface area contributed by atoms with Gasteiger partial charge in [-0.25, -0.2) is 5.01 Å². The van der Waals surface area contributed by atoms with Gasteiger partial charge in [0.05, 0.1) is 25.6 Å². The van der Waals surface area contributed by atoms with Crippen molar-refractivity contribution in [2.75, 3.05) is 26.9 Å². The molecule has 0 fully saturated rings. The quantitative estimate of drug-likeness (QED) is 0.265. The number of nitrogens with zero attached hydrogens (tertiary/aromatic N) is 4. The highest BCUT2D eigenvalue weighted by Gasteiger charge is 2.20. The van der Waals surface area contributed by atoms with E-state index in [1.807, 2.05) is 25.1 Å². The van der Waals surface area contributed by atoms with Gasteiger partial charge in [0.2, 0.25) is 0 Å². The van der Waals surface area contributed by atoms with Gasteiger partial charge in [0, 0.05) is 29.8 Å². The molecule has 0 saturated carbocycles. The van der Waals surface area contributed by atoms with Crippen molar-refractivity contribution in [3.8, 4) is 11.5 Å². The summed E-state index contributed by atoms with van der Waals surface area (Å²) in [5, 5.41) is 20.7. The second-order valence-electron chi connectivity index (χ2n) is 6.88. The smallest absolute Gasteiger partial charge is 0.283 e. The topological polar surface area (TPSA) is 99.7 Å². The number of hydrogen-bond acceptors (Lipinski definition) is 7. The van der Waals surface area contributed by atoms with Crippen molar-refractivity contribution in [3.05, 3.63) is 59.1 Å². The average Bonchev–Trinajstić information content (AvgIpc) is 2.81. The summed E-state index contributed by atoms with van der Waals surface area (Å²) in [7, 11) is 1.60. The Balaban J connectivity index is 1.62. The molecule has 1 aliphatic rings. The summed E-state index contributed by atoms with van der Waals surface area (Å²) in [6.45, 7) is 2.93. The van der Waals surface area contributed by atoms with Crippen molar-refractivity contribution >= 4 is 17.8 Å². The fraction of sp³-hybridized carbons (Fsp3) is 0.364. The standard InChI is InChI=1S/C22H26N4O5/c1-3-13-30-21-14-18(6-7-20(21)29-2)19-5-4-10-26(24-19)22(27)16-31-23-15-17-8-11-25(28)12-9-17/h6-9,11-12,14-15H,3-5,10,13,16H2,1-2H3. The van der Waals surface area contributed by atoms with E-state index in [9.17, 15) is 10.0 Å². The Bertz CT molecular complexity index is 943. The zero-order chi connectivity index (χ0) is 22.1. The van der Waals surface area contributed by atoms with Crippen LogP contribution in [-0.2, 0) is 9.63 Å². The van der Waals surface area contributed by atoms with Crippen LogP contribution in [0.4, 0.5) is 0 Å². The molecule has 0 bridgehead atoms. The number of carbonyl (C=O) groups is 1. The molecule has 1 aromatic carbocycles. The van der Waals surface area contributed by atoms with Gasteiger partial charge in [0.15, 0.2) is 30.5 Å². The zero-order valence-electron chi connectivity index (χ0n) is 17.7. The number of carbonyl (C=O) groups excluding carboxylic acids is 1. The van der Waals surface area contributed by atoms with E-state index >= 15 is 0 Å². The van der Waals surface area contributed by atoms with Crippen LogP contribution in [0.1, 0.15) is 37.3 Å². The van der Waals surface area contributed by atoms with Crippen molar-refractivity contribution < 1.29 is 23.8 Å². The monoisotopic (exact) mass is 426 g/mol. The van der Waals surface area contributed by atoms with Crippen LogP contribution in [0, 0.1) is 5.21 Å². The van der Waals surface area contributed by atoms with Crippen molar-refractivity contribution in [2.45, 2.75) is 26.2 Å². The van der Waals surface area contributed by atoms with Crippen LogP contribution >= 0.6 is 0 Å². The highest BCUT2D eigenvalue weighted by Crippen LogP contribution is 2.29. The molecule has 2 aromatic rings. The summed E-state index contributed by atoms with van der Waals surface area (Å²) >= 11 is 0. The van der Waals surface area contributed by atoms with Crippen LogP contribution in [0.3, 0.4) is 0 Å². The van der Waals surface area contributed by atoms with Gasteiger partial charge in [0.1, 0.15) is 0 Å². The van der Waals surface area contributed by atoms with Gasteiger partial charge in [-0.3, -0.25) is 4.79 Å². The minimum absolute atomic E-state index is 0.227. The Labute approximate surface area is 181 Å². The third-order valence-electron chi connectivity index (χ3n) is 4.56. The zero-order valence-corrected chi connectivity index (χ0v) is 17.7. The minimum atomic E-state index is -0.282. The number of ether oxygens (including phenoxy) is 2. The molecule has 1 aromatic heterocycles. The van der Waals surface area contributed by atoms with Gasteiger partial charge >= 0.3 is 0 Å². The van der Waals surface area contributed by atoms with Crippen molar-refractivity contribution in [2.24, 2.45) is 10.3 Å². The summed E-state index contributed by atoms with van der Waals surface area (Å²) in [6.07, 6.45) is 6.60. The molecule has 1 aliphatic heterocycles. The summed E-state index contributed by atoms with van der Waals surface area (Å²) < 4.78 is 11.8. The lowest BCUT2D eigenvalue weighted by molar-refractivity contribution is -0.605. The summed E-state index contributed by atoms with van der Waals surface area (Å²) in [5.74, 6) is 1.04. The Morgan fingerprint density at radius 1 is 1.29 bits per heavy atom. The molecule has 0 unspecified atom stereocenters. The van der Waals surface area contributed by atoms with Crippen LogP contribution in [0.15, 0.2) is 53.0 Å². The number of methoxy groups -OCH3 is 1. The number of amides is 1. The number of rotatable bonds is 9. The first-order chi connectivity index (χ1) is 15.1. The number of pyridine rings is 1. The average molecular weight is 426 g/mol. The van der Waals surface area contributed by atoms with Crippen molar-refractivity contribution in [1.29, 1.82) is 0 Å². The Morgan fingerprint density at radius 2 is 2.10 bits per heavy atom. The van der Waals surface area contributed by atoms with E-state index in [-0.39, 0.29) is 12.5 Å². The van der Waals surface area contributed by atoms with Crippen LogP contribution in [-0.4, -0.2) is 49.7 Å². The fourth-order valence-corrected chi connectivity index (χ4v) is 2.98. The van der Waals surface area contributed by atoms with Crippen LogP contribution in [0.5, 0.6) is 11.5 Å². The van der Waals surface area contributed by atoms with Gasteiger partial charge in [-0.1, -0.05) is 12.1 Å². The summed E-state index contributed by atoms with van der Waals surface area (Å²) in [6, 6.07) is 8.84. The molecule has 164 valence electrons. The highest BCUT2D eigenvalue weighted by molar-refractivity contribution is 6.02. The first kappa shape index (κ1) is 22.1. The Morgan fingerprint density at radius 3 is 2.84 bits per heavy atom. The second-order valence-corrected chi connectivity index (χ2v) is 6.88. The molecule has 0 saturated heterocycles. The van der Waals surface area contributed by atoms with E-state index in [2.05, 4.69) is 10.3 Å². The summed E-state index contributed by atoms with van der Waals surface area (Å²) in [4.78, 5) is 17.6. The van der Waals surface area contributed by atoms with Gasteiger partial charge < -0.3 is 19.5 Å². The predicted molar refractivity (Wildman–Crippen MR) is 115 cm³/mol. The molecule has 0 N–H and O–H groups in total. The molecule has 3 rings (SSSR count). The van der Waals surface area contributed by atoms with E-state index in [1.165, 1.54) is 23.6 Å². The lowest BCUT2D eigenvalue weighted by Crippen LogP contribution is -2.34. The largest absolute Gasteiger partial charge is 0.619 e. The first-order valence-electron chi connectivity index (χ1n) is 10.1. The molecular weight excluding hydrogens is 400 g/mol. The number of oxime groups is 1. The number of aromatic nitrogens is 1. The lowest BCUT2D eigenvalue weighted by atomic mass is 10.0. The molecule has 0 aliphatic carbocycles. The van der Waals surface area contributed by atoms with E-state index in [4.69, 9.17) is 14.3 Å². The fourth-order valence-electron chi connectivity index (χ4n) is 2.98. The van der Waals surface area contributed by atoms with Crippen LogP contribution < -0.4 is 14.2 Å². The summed E-state index contributed by atoms with van der Waals surface area (Å²) in [5.41, 5.74) is 2.39.